The van der Waals surface area contributed by atoms with Gasteiger partial charge in [-0.15, -0.1) is 0 Å². The van der Waals surface area contributed by atoms with E-state index in [0.717, 1.165) is 0 Å². The molecule has 0 radical (unpaired) electrons. The van der Waals surface area contributed by atoms with Gasteiger partial charge in [0.15, 0.2) is 0 Å². The number of nitrogens with one attached hydrogen (secondary N) is 4. The maximum atomic E-state index is 13.2. The molecule has 0 aliphatic rings. The molecule has 0 unspecified atom stereocenters. The lowest BCUT2D eigenvalue weighted by Crippen LogP contribution is -2.59. The molecule has 0 bridgehead atoms. The molecule has 0 aliphatic heterocycles. The summed E-state index contributed by atoms with van der Waals surface area (Å²) in [5.41, 5.74) is 0.650. The summed E-state index contributed by atoms with van der Waals surface area (Å²) in [4.78, 5) is 57.1. The van der Waals surface area contributed by atoms with Crippen molar-refractivity contribution in [2.75, 3.05) is 7.11 Å². The fourth-order valence-corrected chi connectivity index (χ4v) is 3.50. The highest BCUT2D eigenvalue weighted by Gasteiger charge is 2.33. The van der Waals surface area contributed by atoms with Gasteiger partial charge in [0.05, 0.1) is 32.0 Å². The van der Waals surface area contributed by atoms with Crippen LogP contribution in [0.25, 0.3) is 0 Å². The van der Waals surface area contributed by atoms with Crippen LogP contribution in [0, 0.1) is 17.8 Å². The number of hydrogen-bond donors (Lipinski definition) is 5. The molecule has 1 aromatic heterocycles. The van der Waals surface area contributed by atoms with E-state index in [4.69, 9.17) is 0 Å². The van der Waals surface area contributed by atoms with E-state index in [0.29, 0.717) is 5.69 Å². The summed E-state index contributed by atoms with van der Waals surface area (Å²) in [5, 5.41) is 18.9. The molecule has 5 N–H and O–H groups in total. The van der Waals surface area contributed by atoms with Gasteiger partial charge in [-0.25, -0.2) is 4.98 Å². The van der Waals surface area contributed by atoms with Crippen LogP contribution >= 0.6 is 0 Å². The fraction of sp³-hybridized carbons (Fsp3) is 0.708. The second-order valence-electron chi connectivity index (χ2n) is 9.86. The minimum atomic E-state index is -1.23. The molecular formula is C24H41N5O6. The number of hydrogen-bond acceptors (Lipinski definition) is 7. The molecule has 4 atom stereocenters. The van der Waals surface area contributed by atoms with Crippen LogP contribution in [0.3, 0.4) is 0 Å². The second-order valence-corrected chi connectivity index (χ2v) is 9.86. The van der Waals surface area contributed by atoms with E-state index >= 15 is 0 Å². The summed E-state index contributed by atoms with van der Waals surface area (Å²) in [6.45, 7) is 11.0. The van der Waals surface area contributed by atoms with E-state index in [1.807, 2.05) is 27.7 Å². The van der Waals surface area contributed by atoms with Crippen LogP contribution < -0.4 is 16.0 Å². The van der Waals surface area contributed by atoms with Gasteiger partial charge in [0.25, 0.3) is 0 Å². The zero-order valence-corrected chi connectivity index (χ0v) is 21.8. The van der Waals surface area contributed by atoms with Crippen LogP contribution in [0.4, 0.5) is 0 Å². The number of aliphatic hydroxyl groups excluding tert-OH is 1. The predicted octanol–water partition coefficient (Wildman–Crippen LogP) is 0.689. The van der Waals surface area contributed by atoms with Crippen LogP contribution in [0.1, 0.15) is 60.1 Å². The predicted molar refractivity (Wildman–Crippen MR) is 130 cm³/mol. The normalized spacial score (nSPS) is 14.8. The average Bonchev–Trinajstić information content (AvgIpc) is 3.27. The molecule has 1 aromatic rings. The van der Waals surface area contributed by atoms with E-state index in [1.165, 1.54) is 13.4 Å². The number of aromatic amines is 1. The van der Waals surface area contributed by atoms with Crippen molar-refractivity contribution in [1.82, 2.24) is 25.9 Å². The number of methoxy groups -OCH3 is 1. The SMILES string of the molecule is COC(=O)C[C@H](O)[C@H](Cc1cnc[nH]1)NC(=O)[C@@H](NC(=O)[C@@H](NC(=O)CC(C)C)C(C)C)C(C)C. The number of carbonyl (C=O) groups is 4. The molecule has 0 saturated carbocycles. The number of esters is 1. The van der Waals surface area contributed by atoms with Crippen molar-refractivity contribution in [3.8, 4) is 0 Å². The van der Waals surface area contributed by atoms with Gasteiger partial charge in [-0.05, 0) is 17.8 Å². The van der Waals surface area contributed by atoms with Crippen molar-refractivity contribution >= 4 is 23.7 Å². The van der Waals surface area contributed by atoms with Crippen molar-refractivity contribution in [2.45, 2.75) is 85.0 Å². The van der Waals surface area contributed by atoms with Gasteiger partial charge >= 0.3 is 5.97 Å². The molecule has 0 aliphatic carbocycles. The zero-order chi connectivity index (χ0) is 26.7. The van der Waals surface area contributed by atoms with E-state index < -0.39 is 42.0 Å². The maximum absolute atomic E-state index is 13.2. The van der Waals surface area contributed by atoms with Gasteiger partial charge in [0.1, 0.15) is 12.1 Å². The summed E-state index contributed by atoms with van der Waals surface area (Å²) < 4.78 is 4.63. The molecule has 1 heterocycles. The fourth-order valence-electron chi connectivity index (χ4n) is 3.50. The number of rotatable bonds is 14. The van der Waals surface area contributed by atoms with Gasteiger partial charge in [0, 0.05) is 24.7 Å². The smallest absolute Gasteiger partial charge is 0.308 e. The number of aromatic nitrogens is 2. The van der Waals surface area contributed by atoms with Crippen LogP contribution in [-0.4, -0.2) is 70.1 Å². The minimum Gasteiger partial charge on any atom is -0.469 e. The van der Waals surface area contributed by atoms with Gasteiger partial charge < -0.3 is 30.8 Å². The third-order valence-electron chi connectivity index (χ3n) is 5.50. The molecule has 198 valence electrons. The first-order chi connectivity index (χ1) is 16.3. The highest BCUT2D eigenvalue weighted by atomic mass is 16.5. The summed E-state index contributed by atoms with van der Waals surface area (Å²) in [6.07, 6.45) is 1.96. The van der Waals surface area contributed by atoms with Crippen LogP contribution in [0.2, 0.25) is 0 Å². The molecule has 35 heavy (non-hydrogen) atoms. The van der Waals surface area contributed by atoms with Crippen LogP contribution in [-0.2, 0) is 30.3 Å². The largest absolute Gasteiger partial charge is 0.469 e. The highest BCUT2D eigenvalue weighted by molar-refractivity contribution is 5.92. The Morgan fingerprint density at radius 3 is 2.00 bits per heavy atom. The maximum Gasteiger partial charge on any atom is 0.308 e. The number of imidazole rings is 1. The van der Waals surface area contributed by atoms with Gasteiger partial charge in [-0.1, -0.05) is 41.5 Å². The topological polar surface area (TPSA) is 163 Å². The van der Waals surface area contributed by atoms with E-state index in [9.17, 15) is 24.3 Å². The summed E-state index contributed by atoms with van der Waals surface area (Å²) in [7, 11) is 1.22. The standard InChI is InChI=1S/C24H41N5O6/c1-13(2)8-19(31)28-21(14(3)4)24(34)29-22(15(5)6)23(33)27-17(9-16-11-25-12-26-16)18(30)10-20(32)35-7/h11-15,17-18,21-22,30H,8-10H2,1-7H3,(H,25,26)(H,27,33)(H,28,31)(H,29,34)/t17-,18-,21-,22-/m0/s1. The Morgan fingerprint density at radius 2 is 1.51 bits per heavy atom. The third kappa shape index (κ3) is 10.5. The van der Waals surface area contributed by atoms with Gasteiger partial charge in [0.2, 0.25) is 17.7 Å². The average molecular weight is 496 g/mol. The number of nitrogens with zero attached hydrogens (tertiary/aromatic N) is 1. The number of carbonyl (C=O) groups excluding carboxylic acids is 4. The number of ether oxygens (including phenoxy) is 1. The highest BCUT2D eigenvalue weighted by Crippen LogP contribution is 2.11. The Bertz CT molecular complexity index is 824. The molecule has 0 fully saturated rings. The Balaban J connectivity index is 2.99. The Hall–Kier alpha value is -2.95. The van der Waals surface area contributed by atoms with E-state index in [1.54, 1.807) is 20.0 Å². The van der Waals surface area contributed by atoms with Crippen LogP contribution in [0.15, 0.2) is 12.5 Å². The van der Waals surface area contributed by atoms with Crippen molar-refractivity contribution in [2.24, 2.45) is 17.8 Å². The quantitative estimate of drug-likeness (QED) is 0.237. The lowest BCUT2D eigenvalue weighted by atomic mass is 9.97. The monoisotopic (exact) mass is 495 g/mol. The first-order valence-corrected chi connectivity index (χ1v) is 12.0. The Labute approximate surface area is 207 Å². The van der Waals surface area contributed by atoms with Crippen molar-refractivity contribution in [3.63, 3.8) is 0 Å². The molecule has 1 rings (SSSR count). The molecular weight excluding hydrogens is 454 g/mol. The van der Waals surface area contributed by atoms with Gasteiger partial charge in [-0.2, -0.15) is 0 Å². The van der Waals surface area contributed by atoms with E-state index in [2.05, 4.69) is 30.7 Å². The Morgan fingerprint density at radius 1 is 0.943 bits per heavy atom. The number of aliphatic hydroxyl groups is 1. The lowest BCUT2D eigenvalue weighted by molar-refractivity contribution is -0.143. The molecule has 3 amide bonds. The van der Waals surface area contributed by atoms with Crippen molar-refractivity contribution < 1.29 is 29.0 Å². The second kappa shape index (κ2) is 14.4. The van der Waals surface area contributed by atoms with Gasteiger partial charge in [-0.3, -0.25) is 19.2 Å². The molecule has 0 spiro atoms. The zero-order valence-electron chi connectivity index (χ0n) is 21.8. The Kier molecular flexibility index (Phi) is 12.4. The van der Waals surface area contributed by atoms with Crippen molar-refractivity contribution in [1.29, 1.82) is 0 Å². The first kappa shape index (κ1) is 30.1. The third-order valence-corrected chi connectivity index (χ3v) is 5.50. The minimum absolute atomic E-state index is 0.142. The lowest BCUT2D eigenvalue weighted by Gasteiger charge is -2.30. The summed E-state index contributed by atoms with van der Waals surface area (Å²) >= 11 is 0. The summed E-state index contributed by atoms with van der Waals surface area (Å²) in [6, 6.07) is -2.58. The molecule has 0 saturated heterocycles. The number of H-pyrrole nitrogens is 1. The first-order valence-electron chi connectivity index (χ1n) is 12.0. The van der Waals surface area contributed by atoms with Crippen molar-refractivity contribution in [3.05, 3.63) is 18.2 Å². The molecule has 0 aromatic carbocycles. The van der Waals surface area contributed by atoms with E-state index in [-0.39, 0.29) is 42.9 Å². The van der Waals surface area contributed by atoms with Crippen LogP contribution in [0.5, 0.6) is 0 Å². The number of amides is 3. The summed E-state index contributed by atoms with van der Waals surface area (Å²) in [5.74, 6) is -2.18. The molecule has 11 nitrogen and oxygen atoms in total. The molecule has 11 heteroatoms.